The lowest BCUT2D eigenvalue weighted by Gasteiger charge is -2.19. The van der Waals surface area contributed by atoms with Crippen LogP contribution in [-0.4, -0.2) is 4.92 Å². The number of halogens is 2. The summed E-state index contributed by atoms with van der Waals surface area (Å²) in [6, 6.07) is 10.9. The van der Waals surface area contributed by atoms with E-state index in [2.05, 4.69) is 21.2 Å². The third-order valence-electron chi connectivity index (χ3n) is 3.18. The molecule has 1 atom stereocenters. The van der Waals surface area contributed by atoms with Gasteiger partial charge < -0.3 is 5.32 Å². The number of benzene rings is 2. The molecule has 0 bridgehead atoms. The first-order chi connectivity index (χ1) is 10.0. The Hall–Kier alpha value is -1.95. The van der Waals surface area contributed by atoms with Crippen molar-refractivity contribution in [3.05, 3.63) is 68.4 Å². The molecule has 0 fully saturated rings. The van der Waals surface area contributed by atoms with Gasteiger partial charge in [-0.25, -0.2) is 4.39 Å². The minimum atomic E-state index is -0.457. The van der Waals surface area contributed by atoms with E-state index in [0.717, 1.165) is 0 Å². The van der Waals surface area contributed by atoms with Gasteiger partial charge in [0.15, 0.2) is 0 Å². The van der Waals surface area contributed by atoms with Gasteiger partial charge in [-0.15, -0.1) is 0 Å². The SMILES string of the molecule is CCC(Nc1ccc(Br)cc1[N+](=O)[O-])c1ccccc1F. The Morgan fingerprint density at radius 3 is 2.67 bits per heavy atom. The van der Waals surface area contributed by atoms with Crippen LogP contribution in [0.15, 0.2) is 46.9 Å². The normalized spacial score (nSPS) is 12.0. The van der Waals surface area contributed by atoms with Crippen LogP contribution in [-0.2, 0) is 0 Å². The average Bonchev–Trinajstić information content (AvgIpc) is 2.46. The number of anilines is 1. The smallest absolute Gasteiger partial charge is 0.293 e. The van der Waals surface area contributed by atoms with Gasteiger partial charge >= 0.3 is 0 Å². The van der Waals surface area contributed by atoms with Crippen LogP contribution in [0.2, 0.25) is 0 Å². The lowest BCUT2D eigenvalue weighted by atomic mass is 10.0. The van der Waals surface area contributed by atoms with Crippen LogP contribution in [0.3, 0.4) is 0 Å². The van der Waals surface area contributed by atoms with Crippen molar-refractivity contribution in [3.63, 3.8) is 0 Å². The summed E-state index contributed by atoms with van der Waals surface area (Å²) in [5.41, 5.74) is 0.828. The zero-order chi connectivity index (χ0) is 15.4. The van der Waals surface area contributed by atoms with Crippen LogP contribution in [0.4, 0.5) is 15.8 Å². The molecular formula is C15H14BrFN2O2. The molecule has 2 aromatic rings. The first kappa shape index (κ1) is 15.4. The predicted octanol–water partition coefficient (Wildman–Crippen LogP) is 5.06. The van der Waals surface area contributed by atoms with Crippen molar-refractivity contribution in [2.45, 2.75) is 19.4 Å². The fourth-order valence-corrected chi connectivity index (χ4v) is 2.47. The quantitative estimate of drug-likeness (QED) is 0.604. The molecule has 2 aromatic carbocycles. The van der Waals surface area contributed by atoms with Crippen molar-refractivity contribution in [2.24, 2.45) is 0 Å². The molecule has 0 aliphatic carbocycles. The third-order valence-corrected chi connectivity index (χ3v) is 3.67. The van der Waals surface area contributed by atoms with Crippen LogP contribution in [0, 0.1) is 15.9 Å². The fraction of sp³-hybridized carbons (Fsp3) is 0.200. The van der Waals surface area contributed by atoms with Crippen LogP contribution >= 0.6 is 15.9 Å². The Kier molecular flexibility index (Phi) is 4.90. The summed E-state index contributed by atoms with van der Waals surface area (Å²) in [7, 11) is 0. The molecule has 1 unspecified atom stereocenters. The molecule has 0 aromatic heterocycles. The van der Waals surface area contributed by atoms with E-state index in [1.54, 1.807) is 30.3 Å². The summed E-state index contributed by atoms with van der Waals surface area (Å²) in [5.74, 6) is -0.323. The highest BCUT2D eigenvalue weighted by Crippen LogP contribution is 2.32. The summed E-state index contributed by atoms with van der Waals surface area (Å²) >= 11 is 3.21. The van der Waals surface area contributed by atoms with Gasteiger partial charge in [-0.1, -0.05) is 41.1 Å². The Morgan fingerprint density at radius 2 is 2.05 bits per heavy atom. The van der Waals surface area contributed by atoms with Crippen molar-refractivity contribution >= 4 is 27.3 Å². The monoisotopic (exact) mass is 352 g/mol. The maximum Gasteiger partial charge on any atom is 0.293 e. The average molecular weight is 353 g/mol. The third kappa shape index (κ3) is 3.58. The molecule has 0 amide bonds. The molecular weight excluding hydrogens is 339 g/mol. The van der Waals surface area contributed by atoms with Crippen LogP contribution in [0.25, 0.3) is 0 Å². The number of nitrogens with one attached hydrogen (secondary N) is 1. The maximum atomic E-state index is 13.9. The summed E-state index contributed by atoms with van der Waals surface area (Å²) in [6.45, 7) is 1.90. The van der Waals surface area contributed by atoms with Gasteiger partial charge in [-0.05, 0) is 24.6 Å². The lowest BCUT2D eigenvalue weighted by molar-refractivity contribution is -0.384. The van der Waals surface area contributed by atoms with E-state index in [1.165, 1.54) is 12.1 Å². The minimum Gasteiger partial charge on any atom is -0.373 e. The molecule has 110 valence electrons. The van der Waals surface area contributed by atoms with Crippen molar-refractivity contribution in [2.75, 3.05) is 5.32 Å². The van der Waals surface area contributed by atoms with Gasteiger partial charge in [0.05, 0.1) is 11.0 Å². The van der Waals surface area contributed by atoms with Gasteiger partial charge in [0.2, 0.25) is 0 Å². The molecule has 0 saturated carbocycles. The van der Waals surface area contributed by atoms with Crippen LogP contribution in [0.1, 0.15) is 24.9 Å². The Bertz CT molecular complexity index is 664. The Labute approximate surface area is 130 Å². The van der Waals surface area contributed by atoms with E-state index in [0.29, 0.717) is 22.1 Å². The summed E-state index contributed by atoms with van der Waals surface area (Å²) in [6.07, 6.45) is 0.605. The maximum absolute atomic E-state index is 13.9. The highest BCUT2D eigenvalue weighted by Gasteiger charge is 2.19. The zero-order valence-electron chi connectivity index (χ0n) is 11.3. The topological polar surface area (TPSA) is 55.2 Å². The molecule has 0 heterocycles. The fourth-order valence-electron chi connectivity index (χ4n) is 2.12. The first-order valence-electron chi connectivity index (χ1n) is 6.47. The molecule has 0 saturated heterocycles. The number of hydrogen-bond donors (Lipinski definition) is 1. The number of nitro groups is 1. The van der Waals surface area contributed by atoms with Gasteiger partial charge in [0, 0.05) is 16.1 Å². The Balaban J connectivity index is 2.36. The predicted molar refractivity (Wildman–Crippen MR) is 83.9 cm³/mol. The molecule has 0 aliphatic heterocycles. The molecule has 6 heteroatoms. The molecule has 1 N–H and O–H groups in total. The van der Waals surface area contributed by atoms with Crippen molar-refractivity contribution in [3.8, 4) is 0 Å². The summed E-state index contributed by atoms with van der Waals surface area (Å²) < 4.78 is 14.5. The minimum absolute atomic E-state index is 0.0424. The van der Waals surface area contributed by atoms with Crippen molar-refractivity contribution in [1.29, 1.82) is 0 Å². The second-order valence-corrected chi connectivity index (χ2v) is 5.46. The molecule has 0 spiro atoms. The molecule has 0 aliphatic rings. The highest BCUT2D eigenvalue weighted by molar-refractivity contribution is 9.10. The van der Waals surface area contributed by atoms with E-state index in [1.807, 2.05) is 6.92 Å². The first-order valence-corrected chi connectivity index (χ1v) is 7.27. The summed E-state index contributed by atoms with van der Waals surface area (Å²) in [5, 5.41) is 14.2. The van der Waals surface area contributed by atoms with Crippen LogP contribution < -0.4 is 5.32 Å². The molecule has 4 nitrogen and oxygen atoms in total. The van der Waals surface area contributed by atoms with Gasteiger partial charge in [0.1, 0.15) is 11.5 Å². The van der Waals surface area contributed by atoms with E-state index < -0.39 is 4.92 Å². The molecule has 21 heavy (non-hydrogen) atoms. The van der Waals surface area contributed by atoms with E-state index in [9.17, 15) is 14.5 Å². The Morgan fingerprint density at radius 1 is 1.33 bits per heavy atom. The van der Waals surface area contributed by atoms with Crippen molar-refractivity contribution in [1.82, 2.24) is 0 Å². The van der Waals surface area contributed by atoms with E-state index >= 15 is 0 Å². The highest BCUT2D eigenvalue weighted by atomic mass is 79.9. The summed E-state index contributed by atoms with van der Waals surface area (Å²) in [4.78, 5) is 10.7. The van der Waals surface area contributed by atoms with E-state index in [4.69, 9.17) is 0 Å². The number of hydrogen-bond acceptors (Lipinski definition) is 3. The second-order valence-electron chi connectivity index (χ2n) is 4.55. The second kappa shape index (κ2) is 6.67. The standard InChI is InChI=1S/C15H14BrFN2O2/c1-2-13(11-5-3-4-6-12(11)17)18-14-8-7-10(16)9-15(14)19(20)21/h3-9,13,18H,2H2,1H3. The molecule has 2 rings (SSSR count). The number of nitro benzene ring substituents is 1. The van der Waals surface area contributed by atoms with Crippen molar-refractivity contribution < 1.29 is 9.31 Å². The zero-order valence-corrected chi connectivity index (χ0v) is 12.9. The largest absolute Gasteiger partial charge is 0.373 e. The lowest BCUT2D eigenvalue weighted by Crippen LogP contribution is -2.12. The van der Waals surface area contributed by atoms with Gasteiger partial charge in [0.25, 0.3) is 5.69 Å². The van der Waals surface area contributed by atoms with Gasteiger partial charge in [-0.3, -0.25) is 10.1 Å². The number of nitrogens with zero attached hydrogens (tertiary/aromatic N) is 1. The van der Waals surface area contributed by atoms with Crippen LogP contribution in [0.5, 0.6) is 0 Å². The molecule has 0 radical (unpaired) electrons. The van der Waals surface area contributed by atoms with E-state index in [-0.39, 0.29) is 17.5 Å². The number of rotatable bonds is 5. The van der Waals surface area contributed by atoms with Gasteiger partial charge in [-0.2, -0.15) is 0 Å².